The molecule has 21 aliphatic rings. The highest BCUT2D eigenvalue weighted by atomic mass is 16.8. The van der Waals surface area contributed by atoms with Gasteiger partial charge in [0.15, 0.2) is 44.0 Å². The lowest BCUT2D eigenvalue weighted by molar-refractivity contribution is -0.402. The Hall–Kier alpha value is -1.44. The molecule has 0 radical (unpaired) electrons. The second-order valence-electron chi connectivity index (χ2n) is 25.0. The maximum Gasteiger partial charge on any atom is 0.187 e. The SMILES string of the molecule is COC[C@H]1O[C@@H]2O[C@H]3[C@H](OC)[C@@H](OC)[C@@H](O[C@H]4[C@H](OC)[C@@H](OC)[C@@H](O[C@H]5[C@H](OC)[C@@H](OC)[C@@H](O[C@H]6[C@H](OC)[C@@H](OC)[C@@H](O[C@H]7[C@H](OC)[C@@H](OC)[C@@H](O[C@H]8[C@H](OC)[C@@H](OC)[C@@H](O[C@H]1[C@H](OC)[C@H]2OC)O[C@@H]8CNCCO)O[C@@H]7COC)O[C@@H]6COC)O[C@@H]5COC)O[C@@H]4COC)O[C@@H]3COC. The molecule has 0 aliphatic carbocycles. The Morgan fingerprint density at radius 1 is 0.210 bits per heavy atom. The van der Waals surface area contributed by atoms with Crippen molar-refractivity contribution in [2.45, 2.75) is 215 Å². The molecule has 21 aliphatic heterocycles. The first-order chi connectivity index (χ1) is 48.7. The highest BCUT2D eigenvalue weighted by molar-refractivity contribution is 5.04. The summed E-state index contributed by atoms with van der Waals surface area (Å²) in [6.45, 7) is -0.209. The summed E-state index contributed by atoms with van der Waals surface area (Å²) >= 11 is 0. The molecule has 35 atom stereocenters. The maximum absolute atomic E-state index is 10.1. The van der Waals surface area contributed by atoms with Crippen LogP contribution < -0.4 is 5.32 Å². The van der Waals surface area contributed by atoms with Crippen molar-refractivity contribution < 1.29 is 166 Å². The fourth-order valence-corrected chi connectivity index (χ4v) is 15.0. The fraction of sp³-hybridized carbons (Fsp3) is 1.00. The van der Waals surface area contributed by atoms with Crippen LogP contribution in [0.3, 0.4) is 0 Å². The number of rotatable bonds is 30. The van der Waals surface area contributed by atoms with Gasteiger partial charge in [-0.05, 0) is 0 Å². The van der Waals surface area contributed by atoms with E-state index >= 15 is 0 Å². The van der Waals surface area contributed by atoms with Crippen molar-refractivity contribution in [2.75, 3.05) is 202 Å². The first-order valence-electron chi connectivity index (χ1n) is 33.5. The highest BCUT2D eigenvalue weighted by Gasteiger charge is 2.62. The van der Waals surface area contributed by atoms with Crippen LogP contribution in [0.15, 0.2) is 0 Å². The Bertz CT molecular complexity index is 2230. The average Bonchev–Trinajstić information content (AvgIpc) is 0.769. The van der Waals surface area contributed by atoms with Gasteiger partial charge in [0.25, 0.3) is 0 Å². The number of aliphatic hydroxyl groups is 1. The Labute approximate surface area is 586 Å². The van der Waals surface area contributed by atoms with Crippen LogP contribution in [0.4, 0.5) is 0 Å². The molecule has 21 heterocycles. The second-order valence-corrected chi connectivity index (χ2v) is 25.0. The summed E-state index contributed by atoms with van der Waals surface area (Å²) in [5, 5.41) is 13.3. The quantitative estimate of drug-likeness (QED) is 0.0699. The monoisotopic (exact) mass is 1460 g/mol. The molecule has 100 heavy (non-hydrogen) atoms. The normalized spacial score (nSPS) is 45.4. The largest absolute Gasteiger partial charge is 0.395 e. The Kier molecular flexibility index (Phi) is 35.2. The predicted molar refractivity (Wildman–Crippen MR) is 337 cm³/mol. The van der Waals surface area contributed by atoms with E-state index in [2.05, 4.69) is 5.32 Å². The minimum atomic E-state index is -1.24. The number of nitrogens with one attached hydrogen (secondary N) is 1. The van der Waals surface area contributed by atoms with E-state index < -0.39 is 215 Å². The summed E-state index contributed by atoms with van der Waals surface area (Å²) in [5.41, 5.74) is 0. The molecule has 21 saturated heterocycles. The molecule has 0 aromatic rings. The molecule has 0 saturated carbocycles. The summed E-state index contributed by atoms with van der Waals surface area (Å²) in [4.78, 5) is 0. The standard InChI is InChI=1S/C64H115NO35/c1-67-24-31-38-45(74-8)53(82-16)60(89-31)97-40-33(26-69-3)91-62(55(84-18)47(40)76-10)99-42-35(28-71-5)93-64(57(86-20)49(42)78-12)100-43-36(29-72-6)92-63(56(85-19)50(43)79-13)98-41-34(27-70-4)90-61(54(83-17)48(41)77-11)96-39-32(25-68-2)88-59(52(81-15)46(39)75-9)94-37-30(23-65-21-22-66)87-58(95-38)51(80-14)44(37)73-7/h30-66H,21-29H2,1-20H3/t30-,31-,32-,33-,34-,35-,36-,37-,38-,39-,40-,41-,42-,43-,44+,45+,46+,47+,48+,49+,50+,51-,52-,53-,54-,55-,56-,57-,58-,59-,60-,61-,62-,63-,64-/m1/s1. The van der Waals surface area contributed by atoms with Crippen LogP contribution in [0.5, 0.6) is 0 Å². The van der Waals surface area contributed by atoms with Crippen molar-refractivity contribution in [3.05, 3.63) is 0 Å². The van der Waals surface area contributed by atoms with Gasteiger partial charge in [-0.3, -0.25) is 0 Å². The molecule has 14 bridgehead atoms. The smallest absolute Gasteiger partial charge is 0.187 e. The van der Waals surface area contributed by atoms with E-state index in [1.54, 1.807) is 0 Å². The molecule has 0 aromatic carbocycles. The van der Waals surface area contributed by atoms with Gasteiger partial charge in [0.2, 0.25) is 0 Å². The lowest BCUT2D eigenvalue weighted by atomic mass is 9.94. The third-order valence-corrected chi connectivity index (χ3v) is 19.6. The third-order valence-electron chi connectivity index (χ3n) is 19.6. The molecule has 586 valence electrons. The zero-order valence-electron chi connectivity index (χ0n) is 61.4. The summed E-state index contributed by atoms with van der Waals surface area (Å²) in [5.74, 6) is 0. The molecule has 36 nitrogen and oxygen atoms in total. The summed E-state index contributed by atoms with van der Waals surface area (Å²) in [7, 11) is 30.1. The molecule has 2 N–H and O–H groups in total. The molecule has 0 spiro atoms. The zero-order valence-corrected chi connectivity index (χ0v) is 61.4. The number of hydrogen-bond donors (Lipinski definition) is 2. The average molecular weight is 1460 g/mol. The van der Waals surface area contributed by atoms with E-state index in [1.165, 1.54) is 142 Å². The number of aliphatic hydroxyl groups excluding tert-OH is 1. The van der Waals surface area contributed by atoms with Crippen molar-refractivity contribution in [1.82, 2.24) is 5.32 Å². The van der Waals surface area contributed by atoms with Crippen molar-refractivity contribution in [3.8, 4) is 0 Å². The molecule has 0 unspecified atom stereocenters. The van der Waals surface area contributed by atoms with Gasteiger partial charge in [-0.2, -0.15) is 0 Å². The molecule has 36 heteroatoms. The topological polar surface area (TPSA) is 346 Å². The van der Waals surface area contributed by atoms with Crippen molar-refractivity contribution in [1.29, 1.82) is 0 Å². The molecular formula is C64H115NO35. The second kappa shape index (κ2) is 41.8. The van der Waals surface area contributed by atoms with Crippen molar-refractivity contribution >= 4 is 0 Å². The van der Waals surface area contributed by atoms with Crippen LogP contribution in [0.1, 0.15) is 0 Å². The Morgan fingerprint density at radius 2 is 0.360 bits per heavy atom. The van der Waals surface area contributed by atoms with E-state index in [4.69, 9.17) is 161 Å². The van der Waals surface area contributed by atoms with E-state index in [0.717, 1.165) is 0 Å². The van der Waals surface area contributed by atoms with Gasteiger partial charge in [0.1, 0.15) is 171 Å². The van der Waals surface area contributed by atoms with Gasteiger partial charge in [0.05, 0.1) is 46.2 Å². The summed E-state index contributed by atoms with van der Waals surface area (Å²) < 4.78 is 221. The molecular weight excluding hydrogens is 1340 g/mol. The molecule has 0 amide bonds. The van der Waals surface area contributed by atoms with Gasteiger partial charge in [0, 0.05) is 155 Å². The van der Waals surface area contributed by atoms with Crippen LogP contribution in [0.25, 0.3) is 0 Å². The summed E-state index contributed by atoms with van der Waals surface area (Å²) in [6.07, 6.45) is -36.4. The predicted octanol–water partition coefficient (Wildman–Crippen LogP) is -2.56. The first kappa shape index (κ1) is 84.2. The lowest BCUT2D eigenvalue weighted by Gasteiger charge is -2.52. The van der Waals surface area contributed by atoms with Crippen LogP contribution >= 0.6 is 0 Å². The van der Waals surface area contributed by atoms with Gasteiger partial charge in [-0.15, -0.1) is 0 Å². The van der Waals surface area contributed by atoms with Gasteiger partial charge < -0.3 is 171 Å². The van der Waals surface area contributed by atoms with E-state index in [9.17, 15) is 5.11 Å². The molecule has 0 aromatic heterocycles. The van der Waals surface area contributed by atoms with E-state index in [-0.39, 0.29) is 59.3 Å². The number of hydrogen-bond acceptors (Lipinski definition) is 36. The van der Waals surface area contributed by atoms with Crippen molar-refractivity contribution in [3.63, 3.8) is 0 Å². The lowest BCUT2D eigenvalue weighted by Crippen LogP contribution is -2.69. The zero-order chi connectivity index (χ0) is 72.3. The molecule has 21 fully saturated rings. The van der Waals surface area contributed by atoms with Gasteiger partial charge in [-0.1, -0.05) is 0 Å². The minimum Gasteiger partial charge on any atom is -0.395 e. The van der Waals surface area contributed by atoms with Crippen LogP contribution in [-0.4, -0.2) is 422 Å². The molecule has 21 rings (SSSR count). The minimum absolute atomic E-state index is 0.0434. The van der Waals surface area contributed by atoms with Gasteiger partial charge >= 0.3 is 0 Å². The number of ether oxygens (including phenoxy) is 34. The van der Waals surface area contributed by atoms with E-state index in [0.29, 0.717) is 0 Å². The Morgan fingerprint density at radius 3 is 0.500 bits per heavy atom. The van der Waals surface area contributed by atoms with Crippen LogP contribution in [0, 0.1) is 0 Å². The number of methoxy groups -OCH3 is 20. The maximum atomic E-state index is 10.1. The van der Waals surface area contributed by atoms with Crippen LogP contribution in [0.2, 0.25) is 0 Å². The van der Waals surface area contributed by atoms with E-state index in [1.807, 2.05) is 0 Å². The van der Waals surface area contributed by atoms with Gasteiger partial charge in [-0.25, -0.2) is 0 Å². The summed E-state index contributed by atoms with van der Waals surface area (Å²) in [6, 6.07) is 0. The van der Waals surface area contributed by atoms with Crippen LogP contribution in [-0.2, 0) is 161 Å². The fourth-order valence-electron chi connectivity index (χ4n) is 15.0. The first-order valence-corrected chi connectivity index (χ1v) is 33.5. The Balaban J connectivity index is 1.24. The third kappa shape index (κ3) is 18.6. The van der Waals surface area contributed by atoms with Crippen molar-refractivity contribution in [2.24, 2.45) is 0 Å². The highest BCUT2D eigenvalue weighted by Crippen LogP contribution is 2.43.